The lowest BCUT2D eigenvalue weighted by molar-refractivity contribution is -0.141. The van der Waals surface area contributed by atoms with Crippen LogP contribution in [0.15, 0.2) is 24.5 Å². The van der Waals surface area contributed by atoms with E-state index in [0.29, 0.717) is 5.92 Å². The Labute approximate surface area is 178 Å². The first-order valence-corrected chi connectivity index (χ1v) is 10.7. The van der Waals surface area contributed by atoms with Crippen LogP contribution in [0.2, 0.25) is 0 Å². The number of piperidine rings is 1. The second kappa shape index (κ2) is 9.35. The predicted octanol–water partition coefficient (Wildman–Crippen LogP) is 3.82. The van der Waals surface area contributed by atoms with Crippen LogP contribution in [-0.2, 0) is 6.18 Å². The van der Waals surface area contributed by atoms with Gasteiger partial charge >= 0.3 is 6.18 Å². The van der Waals surface area contributed by atoms with Gasteiger partial charge in [0.2, 0.25) is 5.95 Å². The Hall–Kier alpha value is -2.46. The maximum atomic E-state index is 13.0. The molecule has 0 bridgehead atoms. The molecular formula is C21H27F3N6O. The first-order chi connectivity index (χ1) is 14.9. The molecule has 4 rings (SSSR count). The number of aliphatic hydroxyl groups excluding tert-OH is 1. The second-order valence-electron chi connectivity index (χ2n) is 8.22. The number of aliphatic hydroxyl groups is 1. The van der Waals surface area contributed by atoms with Crippen molar-refractivity contribution in [2.75, 3.05) is 23.7 Å². The largest absolute Gasteiger partial charge is 0.433 e. The van der Waals surface area contributed by atoms with Crippen molar-refractivity contribution in [2.24, 2.45) is 0 Å². The Morgan fingerprint density at radius 3 is 2.48 bits per heavy atom. The Morgan fingerprint density at radius 2 is 1.77 bits per heavy atom. The molecule has 1 aliphatic carbocycles. The Kier molecular flexibility index (Phi) is 6.57. The van der Waals surface area contributed by atoms with Crippen LogP contribution >= 0.6 is 0 Å². The van der Waals surface area contributed by atoms with Gasteiger partial charge in [0.05, 0.1) is 6.10 Å². The van der Waals surface area contributed by atoms with E-state index in [1.165, 1.54) is 6.07 Å². The fourth-order valence-electron chi connectivity index (χ4n) is 4.20. The van der Waals surface area contributed by atoms with Gasteiger partial charge in [-0.15, -0.1) is 0 Å². The normalized spacial score (nSPS) is 22.8. The minimum Gasteiger partial charge on any atom is -0.393 e. The van der Waals surface area contributed by atoms with Gasteiger partial charge in [-0.2, -0.15) is 18.2 Å². The van der Waals surface area contributed by atoms with Crippen LogP contribution < -0.4 is 16.0 Å². The quantitative estimate of drug-likeness (QED) is 0.566. The molecule has 2 aliphatic rings. The highest BCUT2D eigenvalue weighted by atomic mass is 19.4. The number of rotatable bonds is 5. The van der Waals surface area contributed by atoms with E-state index in [1.807, 2.05) is 0 Å². The molecule has 7 nitrogen and oxygen atoms in total. The molecule has 0 aromatic carbocycles. The number of alkyl halides is 3. The van der Waals surface area contributed by atoms with E-state index in [-0.39, 0.29) is 23.8 Å². The molecule has 10 heteroatoms. The molecule has 0 spiro atoms. The highest BCUT2D eigenvalue weighted by Crippen LogP contribution is 2.33. The highest BCUT2D eigenvalue weighted by molar-refractivity contribution is 5.57. The number of pyridine rings is 1. The summed E-state index contributed by atoms with van der Waals surface area (Å²) in [5.41, 5.74) is 0.287. The summed E-state index contributed by atoms with van der Waals surface area (Å²) in [4.78, 5) is 12.4. The third kappa shape index (κ3) is 5.62. The molecule has 1 saturated heterocycles. The highest BCUT2D eigenvalue weighted by Gasteiger charge is 2.32. The number of nitrogens with zero attached hydrogens (tertiary/aromatic N) is 3. The smallest absolute Gasteiger partial charge is 0.393 e. The standard InChI is InChI=1S/C21H27F3N6O/c22-21(23,24)18-11-15(7-10-26-18)29-20-27-12-17(13-5-8-25-9-6-13)19(30-20)28-14-1-3-16(31)4-2-14/h7,10-14,16,25,31H,1-6,8-9H2,(H2,26,27,28,29,30)/t14-,16-. The SMILES string of the molecule is O[C@H]1CC[C@H](Nc2nc(Nc3ccnc(C(F)(F)F)c3)ncc2C2CCNCC2)CC1. The summed E-state index contributed by atoms with van der Waals surface area (Å²) in [6.45, 7) is 1.86. The van der Waals surface area contributed by atoms with Crippen molar-refractivity contribution >= 4 is 17.5 Å². The third-order valence-corrected chi connectivity index (χ3v) is 5.94. The van der Waals surface area contributed by atoms with Crippen LogP contribution in [-0.4, -0.2) is 45.3 Å². The minimum absolute atomic E-state index is 0.198. The van der Waals surface area contributed by atoms with Crippen LogP contribution in [0.5, 0.6) is 0 Å². The minimum atomic E-state index is -4.52. The molecular weight excluding hydrogens is 409 g/mol. The average molecular weight is 436 g/mol. The van der Waals surface area contributed by atoms with Crippen LogP contribution in [0.1, 0.15) is 55.7 Å². The van der Waals surface area contributed by atoms with Crippen molar-refractivity contribution in [1.82, 2.24) is 20.3 Å². The van der Waals surface area contributed by atoms with Gasteiger partial charge in [-0.3, -0.25) is 4.98 Å². The second-order valence-corrected chi connectivity index (χ2v) is 8.22. The molecule has 1 saturated carbocycles. The van der Waals surface area contributed by atoms with Crippen LogP contribution in [0, 0.1) is 0 Å². The van der Waals surface area contributed by atoms with E-state index in [9.17, 15) is 18.3 Å². The first kappa shape index (κ1) is 21.8. The number of anilines is 3. The van der Waals surface area contributed by atoms with Gasteiger partial charge in [0.1, 0.15) is 11.5 Å². The molecule has 31 heavy (non-hydrogen) atoms. The number of hydrogen-bond donors (Lipinski definition) is 4. The third-order valence-electron chi connectivity index (χ3n) is 5.94. The molecule has 4 N–H and O–H groups in total. The van der Waals surface area contributed by atoms with Crippen molar-refractivity contribution in [3.63, 3.8) is 0 Å². The van der Waals surface area contributed by atoms with Crippen LogP contribution in [0.25, 0.3) is 0 Å². The summed E-state index contributed by atoms with van der Waals surface area (Å²) in [6.07, 6.45) is 3.26. The van der Waals surface area contributed by atoms with Crippen LogP contribution in [0.3, 0.4) is 0 Å². The first-order valence-electron chi connectivity index (χ1n) is 10.7. The zero-order valence-electron chi connectivity index (χ0n) is 17.1. The van der Waals surface area contributed by atoms with E-state index in [0.717, 1.165) is 75.3 Å². The number of halogens is 3. The Balaban J connectivity index is 1.57. The monoisotopic (exact) mass is 436 g/mol. The fraction of sp³-hybridized carbons (Fsp3) is 0.571. The van der Waals surface area contributed by atoms with Gasteiger partial charge in [-0.05, 0) is 69.7 Å². The molecule has 0 amide bonds. The number of nitrogens with one attached hydrogen (secondary N) is 3. The lowest BCUT2D eigenvalue weighted by Gasteiger charge is -2.29. The molecule has 2 fully saturated rings. The topological polar surface area (TPSA) is 95.0 Å². The molecule has 3 heterocycles. The molecule has 168 valence electrons. The van der Waals surface area contributed by atoms with Gasteiger partial charge in [-0.25, -0.2) is 4.98 Å². The Morgan fingerprint density at radius 1 is 1.03 bits per heavy atom. The van der Waals surface area contributed by atoms with Crippen molar-refractivity contribution in [3.05, 3.63) is 35.8 Å². The lowest BCUT2D eigenvalue weighted by Crippen LogP contribution is -2.30. The van der Waals surface area contributed by atoms with E-state index >= 15 is 0 Å². The zero-order valence-corrected chi connectivity index (χ0v) is 17.1. The fourth-order valence-corrected chi connectivity index (χ4v) is 4.20. The molecule has 1 aliphatic heterocycles. The zero-order chi connectivity index (χ0) is 21.8. The summed E-state index contributed by atoms with van der Waals surface area (Å²) in [5, 5.41) is 19.5. The van der Waals surface area contributed by atoms with E-state index in [1.54, 1.807) is 6.20 Å². The molecule has 0 radical (unpaired) electrons. The van der Waals surface area contributed by atoms with Crippen molar-refractivity contribution in [3.8, 4) is 0 Å². The van der Waals surface area contributed by atoms with Crippen molar-refractivity contribution in [2.45, 2.75) is 62.8 Å². The van der Waals surface area contributed by atoms with Gasteiger partial charge < -0.3 is 21.1 Å². The molecule has 0 atom stereocenters. The van der Waals surface area contributed by atoms with Crippen LogP contribution in [0.4, 0.5) is 30.6 Å². The summed E-state index contributed by atoms with van der Waals surface area (Å²) in [7, 11) is 0. The van der Waals surface area contributed by atoms with E-state index < -0.39 is 11.9 Å². The van der Waals surface area contributed by atoms with E-state index in [4.69, 9.17) is 0 Å². The van der Waals surface area contributed by atoms with Gasteiger partial charge in [0, 0.05) is 29.7 Å². The number of aromatic nitrogens is 3. The van der Waals surface area contributed by atoms with Gasteiger partial charge in [0.15, 0.2) is 0 Å². The van der Waals surface area contributed by atoms with E-state index in [2.05, 4.69) is 30.9 Å². The van der Waals surface area contributed by atoms with Crippen molar-refractivity contribution in [1.29, 1.82) is 0 Å². The molecule has 2 aromatic rings. The summed E-state index contributed by atoms with van der Waals surface area (Å²) >= 11 is 0. The van der Waals surface area contributed by atoms with Crippen molar-refractivity contribution < 1.29 is 18.3 Å². The maximum Gasteiger partial charge on any atom is 0.433 e. The summed E-state index contributed by atoms with van der Waals surface area (Å²) in [5.74, 6) is 1.27. The Bertz CT molecular complexity index is 880. The summed E-state index contributed by atoms with van der Waals surface area (Å²) < 4.78 is 38.9. The number of hydrogen-bond acceptors (Lipinski definition) is 7. The average Bonchev–Trinajstić information content (AvgIpc) is 2.76. The predicted molar refractivity (Wildman–Crippen MR) is 111 cm³/mol. The van der Waals surface area contributed by atoms with Gasteiger partial charge in [0.25, 0.3) is 0 Å². The maximum absolute atomic E-state index is 13.0. The van der Waals surface area contributed by atoms with Gasteiger partial charge in [-0.1, -0.05) is 0 Å². The molecule has 2 aromatic heterocycles. The molecule has 0 unspecified atom stereocenters. The lowest BCUT2D eigenvalue weighted by atomic mass is 9.90. The summed E-state index contributed by atoms with van der Waals surface area (Å²) in [6, 6.07) is 2.60.